The Kier molecular flexibility index (Phi) is 4.82. The van der Waals surface area contributed by atoms with Crippen LogP contribution < -0.4 is 16.4 Å². The highest BCUT2D eigenvalue weighted by Gasteiger charge is 2.06. The van der Waals surface area contributed by atoms with Crippen LogP contribution in [0.25, 0.3) is 0 Å². The third kappa shape index (κ3) is 3.99. The number of amides is 1. The minimum atomic E-state index is -0.114. The van der Waals surface area contributed by atoms with Crippen molar-refractivity contribution < 1.29 is 4.79 Å². The molecule has 0 aromatic heterocycles. The normalized spacial score (nSPS) is 10.2. The summed E-state index contributed by atoms with van der Waals surface area (Å²) in [6.45, 7) is 2.85. The first-order valence-electron chi connectivity index (χ1n) is 7.01. The van der Waals surface area contributed by atoms with Crippen LogP contribution in [0.4, 0.5) is 11.4 Å². The number of nitrogen functional groups attached to an aromatic ring is 1. The van der Waals surface area contributed by atoms with Crippen LogP contribution in [0.1, 0.15) is 21.5 Å². The molecule has 0 saturated heterocycles. The Balaban J connectivity index is 2.01. The molecule has 2 aromatic rings. The molecule has 0 bridgehead atoms. The van der Waals surface area contributed by atoms with Gasteiger partial charge < -0.3 is 16.4 Å². The van der Waals surface area contributed by atoms with Crippen molar-refractivity contribution in [3.05, 3.63) is 59.2 Å². The Morgan fingerprint density at radius 3 is 2.71 bits per heavy atom. The Hall–Kier alpha value is -2.49. The van der Waals surface area contributed by atoms with E-state index >= 15 is 0 Å². The Morgan fingerprint density at radius 1 is 1.19 bits per heavy atom. The van der Waals surface area contributed by atoms with Crippen LogP contribution in [0.3, 0.4) is 0 Å². The third-order valence-electron chi connectivity index (χ3n) is 3.35. The largest absolute Gasteiger partial charge is 0.397 e. The van der Waals surface area contributed by atoms with E-state index in [-0.39, 0.29) is 5.91 Å². The number of anilines is 2. The molecule has 0 radical (unpaired) electrons. The Bertz CT molecular complexity index is 638. The van der Waals surface area contributed by atoms with Gasteiger partial charge in [0.25, 0.3) is 5.91 Å². The zero-order valence-corrected chi connectivity index (χ0v) is 12.4. The molecule has 4 nitrogen and oxygen atoms in total. The fourth-order valence-corrected chi connectivity index (χ4v) is 2.20. The first kappa shape index (κ1) is 14.9. The summed E-state index contributed by atoms with van der Waals surface area (Å²) in [5.41, 5.74) is 10.5. The summed E-state index contributed by atoms with van der Waals surface area (Å²) in [6, 6.07) is 13.7. The third-order valence-corrected chi connectivity index (χ3v) is 3.35. The fraction of sp³-hybridized carbons (Fsp3) is 0.235. The number of carbonyl (C=O) groups excluding carboxylic acids is 1. The van der Waals surface area contributed by atoms with Gasteiger partial charge >= 0.3 is 0 Å². The van der Waals surface area contributed by atoms with Gasteiger partial charge in [0, 0.05) is 19.2 Å². The first-order chi connectivity index (χ1) is 10.1. The summed E-state index contributed by atoms with van der Waals surface area (Å²) in [5.74, 6) is -0.114. The molecule has 0 saturated carbocycles. The van der Waals surface area contributed by atoms with Crippen molar-refractivity contribution in [2.45, 2.75) is 13.3 Å². The number of hydrogen-bond donors (Lipinski definition) is 3. The summed E-state index contributed by atoms with van der Waals surface area (Å²) >= 11 is 0. The second-order valence-electron chi connectivity index (χ2n) is 5.05. The maximum absolute atomic E-state index is 11.6. The maximum atomic E-state index is 11.6. The minimum Gasteiger partial charge on any atom is -0.397 e. The molecule has 0 atom stereocenters. The van der Waals surface area contributed by atoms with Crippen LogP contribution in [0.5, 0.6) is 0 Å². The van der Waals surface area contributed by atoms with Gasteiger partial charge in [-0.3, -0.25) is 4.79 Å². The van der Waals surface area contributed by atoms with Crippen molar-refractivity contribution in [2.75, 3.05) is 24.6 Å². The van der Waals surface area contributed by atoms with Crippen molar-refractivity contribution in [3.63, 3.8) is 0 Å². The van der Waals surface area contributed by atoms with Crippen LogP contribution in [0.15, 0.2) is 42.5 Å². The van der Waals surface area contributed by atoms with Crippen molar-refractivity contribution in [3.8, 4) is 0 Å². The second-order valence-corrected chi connectivity index (χ2v) is 5.05. The van der Waals surface area contributed by atoms with E-state index in [9.17, 15) is 4.79 Å². The summed E-state index contributed by atoms with van der Waals surface area (Å²) in [6.07, 6.45) is 0.908. The molecular formula is C17H21N3O. The van der Waals surface area contributed by atoms with Crippen LogP contribution in [0.2, 0.25) is 0 Å². The standard InChI is InChI=1S/C17H21N3O/c1-12-4-3-5-13(10-12)8-9-20-16-11-14(17(21)19-2)6-7-15(16)18/h3-7,10-11,20H,8-9,18H2,1-2H3,(H,19,21). The molecule has 0 aliphatic carbocycles. The van der Waals surface area contributed by atoms with Crippen molar-refractivity contribution in [1.29, 1.82) is 0 Å². The van der Waals surface area contributed by atoms with Crippen LogP contribution >= 0.6 is 0 Å². The molecule has 0 fully saturated rings. The molecule has 0 spiro atoms. The van der Waals surface area contributed by atoms with E-state index in [1.54, 1.807) is 25.2 Å². The number of aryl methyl sites for hydroxylation is 1. The number of hydrogen-bond acceptors (Lipinski definition) is 3. The minimum absolute atomic E-state index is 0.114. The Labute approximate surface area is 125 Å². The lowest BCUT2D eigenvalue weighted by Gasteiger charge is -2.11. The molecule has 1 amide bonds. The van der Waals surface area contributed by atoms with E-state index in [4.69, 9.17) is 5.73 Å². The zero-order valence-electron chi connectivity index (χ0n) is 12.4. The molecule has 2 rings (SSSR count). The highest BCUT2D eigenvalue weighted by Crippen LogP contribution is 2.20. The maximum Gasteiger partial charge on any atom is 0.251 e. The summed E-state index contributed by atoms with van der Waals surface area (Å²) < 4.78 is 0. The SMILES string of the molecule is CNC(=O)c1ccc(N)c(NCCc2cccc(C)c2)c1. The predicted molar refractivity (Wildman–Crippen MR) is 87.6 cm³/mol. The van der Waals surface area contributed by atoms with E-state index in [0.29, 0.717) is 11.3 Å². The topological polar surface area (TPSA) is 67.2 Å². The molecule has 4 heteroatoms. The molecular weight excluding hydrogens is 262 g/mol. The number of benzene rings is 2. The summed E-state index contributed by atoms with van der Waals surface area (Å²) in [4.78, 5) is 11.6. The molecule has 0 unspecified atom stereocenters. The second kappa shape index (κ2) is 6.79. The quantitative estimate of drug-likeness (QED) is 0.739. The van der Waals surface area contributed by atoms with E-state index in [1.165, 1.54) is 11.1 Å². The van der Waals surface area contributed by atoms with E-state index < -0.39 is 0 Å². The average Bonchev–Trinajstić information content (AvgIpc) is 2.48. The van der Waals surface area contributed by atoms with E-state index in [1.807, 2.05) is 0 Å². The highest BCUT2D eigenvalue weighted by molar-refractivity contribution is 5.96. The molecule has 4 N–H and O–H groups in total. The van der Waals surface area contributed by atoms with Gasteiger partial charge in [0.2, 0.25) is 0 Å². The van der Waals surface area contributed by atoms with Crippen LogP contribution in [-0.2, 0) is 6.42 Å². The van der Waals surface area contributed by atoms with E-state index in [2.05, 4.69) is 41.8 Å². The van der Waals surface area contributed by atoms with Gasteiger partial charge in [-0.15, -0.1) is 0 Å². The van der Waals surface area contributed by atoms with Crippen molar-refractivity contribution in [2.24, 2.45) is 0 Å². The molecule has 0 aliphatic rings. The van der Waals surface area contributed by atoms with E-state index in [0.717, 1.165) is 18.7 Å². The first-order valence-corrected chi connectivity index (χ1v) is 7.01. The average molecular weight is 283 g/mol. The number of nitrogens with two attached hydrogens (primary N) is 1. The number of nitrogens with one attached hydrogen (secondary N) is 2. The monoisotopic (exact) mass is 283 g/mol. The number of rotatable bonds is 5. The van der Waals surface area contributed by atoms with Gasteiger partial charge in [-0.2, -0.15) is 0 Å². The molecule has 0 aliphatic heterocycles. The van der Waals surface area contributed by atoms with Gasteiger partial charge in [-0.25, -0.2) is 0 Å². The highest BCUT2D eigenvalue weighted by atomic mass is 16.1. The summed E-state index contributed by atoms with van der Waals surface area (Å²) in [5, 5.41) is 5.90. The smallest absolute Gasteiger partial charge is 0.251 e. The fourth-order valence-electron chi connectivity index (χ4n) is 2.20. The summed E-state index contributed by atoms with van der Waals surface area (Å²) in [7, 11) is 1.61. The molecule has 2 aromatic carbocycles. The zero-order chi connectivity index (χ0) is 15.2. The predicted octanol–water partition coefficient (Wildman–Crippen LogP) is 2.59. The molecule has 110 valence electrons. The lowest BCUT2D eigenvalue weighted by molar-refractivity contribution is 0.0963. The van der Waals surface area contributed by atoms with Gasteiger partial charge in [0.15, 0.2) is 0 Å². The van der Waals surface area contributed by atoms with Crippen LogP contribution in [0, 0.1) is 6.92 Å². The molecule has 21 heavy (non-hydrogen) atoms. The lowest BCUT2D eigenvalue weighted by Crippen LogP contribution is -2.18. The number of carbonyl (C=O) groups is 1. The molecule has 0 heterocycles. The van der Waals surface area contributed by atoms with Crippen LogP contribution in [-0.4, -0.2) is 19.5 Å². The van der Waals surface area contributed by atoms with Gasteiger partial charge in [-0.05, 0) is 37.1 Å². The van der Waals surface area contributed by atoms with Crippen molar-refractivity contribution in [1.82, 2.24) is 5.32 Å². The van der Waals surface area contributed by atoms with Gasteiger partial charge in [0.05, 0.1) is 11.4 Å². The lowest BCUT2D eigenvalue weighted by atomic mass is 10.1. The van der Waals surface area contributed by atoms with Gasteiger partial charge in [-0.1, -0.05) is 29.8 Å². The van der Waals surface area contributed by atoms with Crippen molar-refractivity contribution >= 4 is 17.3 Å². The van der Waals surface area contributed by atoms with Gasteiger partial charge in [0.1, 0.15) is 0 Å². The Morgan fingerprint density at radius 2 is 2.00 bits per heavy atom.